The number of hydrazone groups is 1. The van der Waals surface area contributed by atoms with Crippen LogP contribution < -0.4 is 15.5 Å². The van der Waals surface area contributed by atoms with E-state index in [0.717, 1.165) is 15.6 Å². The molecule has 2 aromatic carbocycles. The topological polar surface area (TPSA) is 79.8 Å². The van der Waals surface area contributed by atoms with Gasteiger partial charge in [0.2, 0.25) is 5.91 Å². The number of halogens is 2. The van der Waals surface area contributed by atoms with Crippen LogP contribution in [-0.2, 0) is 9.59 Å². The van der Waals surface area contributed by atoms with Gasteiger partial charge in [-0.05, 0) is 62.2 Å². The molecule has 0 bridgehead atoms. The van der Waals surface area contributed by atoms with Crippen LogP contribution in [0.1, 0.15) is 24.5 Å². The zero-order valence-electron chi connectivity index (χ0n) is 15.8. The number of carbonyl (C=O) groups is 2. The largest absolute Gasteiger partial charge is 0.483 e. The molecular formula is C20H21BrClN3O3. The Labute approximate surface area is 177 Å². The molecule has 2 N–H and O–H groups in total. The summed E-state index contributed by atoms with van der Waals surface area (Å²) in [5.41, 5.74) is 5.31. The lowest BCUT2D eigenvalue weighted by Gasteiger charge is -2.09. The Morgan fingerprint density at radius 3 is 2.57 bits per heavy atom. The van der Waals surface area contributed by atoms with Gasteiger partial charge in [0.25, 0.3) is 5.91 Å². The third-order valence-electron chi connectivity index (χ3n) is 3.76. The van der Waals surface area contributed by atoms with E-state index in [9.17, 15) is 9.59 Å². The second-order valence-corrected chi connectivity index (χ2v) is 7.62. The SMILES string of the molecule is C/C(CC(=O)Nc1cc(Cl)ccc1C)=N\NC(=O)COc1ccc(Br)cc1C. The Balaban J connectivity index is 1.81. The average Bonchev–Trinajstić information content (AvgIpc) is 2.62. The summed E-state index contributed by atoms with van der Waals surface area (Å²) >= 11 is 9.32. The van der Waals surface area contributed by atoms with Crippen molar-refractivity contribution in [2.45, 2.75) is 27.2 Å². The first-order chi connectivity index (χ1) is 13.2. The van der Waals surface area contributed by atoms with Gasteiger partial charge in [-0.15, -0.1) is 0 Å². The Morgan fingerprint density at radius 2 is 1.86 bits per heavy atom. The van der Waals surface area contributed by atoms with Crippen LogP contribution in [0.4, 0.5) is 5.69 Å². The van der Waals surface area contributed by atoms with Gasteiger partial charge < -0.3 is 10.1 Å². The molecule has 2 rings (SSSR count). The minimum atomic E-state index is -0.409. The van der Waals surface area contributed by atoms with Crippen LogP contribution in [-0.4, -0.2) is 24.1 Å². The molecule has 0 atom stereocenters. The highest BCUT2D eigenvalue weighted by molar-refractivity contribution is 9.10. The third-order valence-corrected chi connectivity index (χ3v) is 4.49. The van der Waals surface area contributed by atoms with Crippen LogP contribution in [0.5, 0.6) is 5.75 Å². The summed E-state index contributed by atoms with van der Waals surface area (Å²) in [6, 6.07) is 10.8. The lowest BCUT2D eigenvalue weighted by atomic mass is 10.2. The highest BCUT2D eigenvalue weighted by atomic mass is 79.9. The number of amides is 2. The van der Waals surface area contributed by atoms with Crippen molar-refractivity contribution in [2.24, 2.45) is 5.10 Å². The summed E-state index contributed by atoms with van der Waals surface area (Å²) in [4.78, 5) is 24.0. The van der Waals surface area contributed by atoms with E-state index < -0.39 is 5.91 Å². The van der Waals surface area contributed by atoms with Gasteiger partial charge in [0.15, 0.2) is 6.61 Å². The highest BCUT2D eigenvalue weighted by Gasteiger charge is 2.09. The lowest BCUT2D eigenvalue weighted by molar-refractivity contribution is -0.123. The monoisotopic (exact) mass is 465 g/mol. The normalized spacial score (nSPS) is 11.1. The zero-order valence-corrected chi connectivity index (χ0v) is 18.1. The van der Waals surface area contributed by atoms with Crippen LogP contribution in [0.15, 0.2) is 46.0 Å². The summed E-state index contributed by atoms with van der Waals surface area (Å²) < 4.78 is 6.41. The second kappa shape index (κ2) is 10.2. The van der Waals surface area contributed by atoms with E-state index in [1.54, 1.807) is 25.1 Å². The van der Waals surface area contributed by atoms with E-state index in [-0.39, 0.29) is 18.9 Å². The molecule has 2 aromatic rings. The van der Waals surface area contributed by atoms with Gasteiger partial charge in [-0.1, -0.05) is 33.6 Å². The molecule has 0 unspecified atom stereocenters. The smallest absolute Gasteiger partial charge is 0.277 e. The maximum atomic E-state index is 12.1. The van der Waals surface area contributed by atoms with Gasteiger partial charge >= 0.3 is 0 Å². The summed E-state index contributed by atoms with van der Waals surface area (Å²) in [6.45, 7) is 5.25. The molecule has 0 aromatic heterocycles. The minimum absolute atomic E-state index is 0.0406. The second-order valence-electron chi connectivity index (χ2n) is 6.26. The zero-order chi connectivity index (χ0) is 20.7. The Hall–Kier alpha value is -2.38. The number of carbonyl (C=O) groups excluding carboxylic acids is 2. The number of anilines is 1. The number of nitrogens with one attached hydrogen (secondary N) is 2. The fourth-order valence-corrected chi connectivity index (χ4v) is 2.95. The number of nitrogens with zero attached hydrogens (tertiary/aromatic N) is 1. The Bertz CT molecular complexity index is 916. The molecule has 2 amide bonds. The number of rotatable bonds is 7. The molecule has 0 radical (unpaired) electrons. The minimum Gasteiger partial charge on any atom is -0.483 e. The molecule has 148 valence electrons. The predicted octanol–water partition coefficient (Wildman–Crippen LogP) is 4.62. The number of hydrogen-bond acceptors (Lipinski definition) is 4. The van der Waals surface area contributed by atoms with Crippen molar-refractivity contribution in [1.29, 1.82) is 0 Å². The van der Waals surface area contributed by atoms with Gasteiger partial charge in [0.05, 0.1) is 6.42 Å². The molecule has 0 heterocycles. The number of ether oxygens (including phenoxy) is 1. The lowest BCUT2D eigenvalue weighted by Crippen LogP contribution is -2.26. The quantitative estimate of drug-likeness (QED) is 0.461. The summed E-state index contributed by atoms with van der Waals surface area (Å²) in [5.74, 6) is -0.0364. The molecule has 6 nitrogen and oxygen atoms in total. The molecule has 0 aliphatic rings. The van der Waals surface area contributed by atoms with E-state index >= 15 is 0 Å². The first-order valence-electron chi connectivity index (χ1n) is 8.51. The van der Waals surface area contributed by atoms with E-state index in [1.165, 1.54) is 0 Å². The molecule has 0 aliphatic carbocycles. The predicted molar refractivity (Wildman–Crippen MR) is 115 cm³/mol. The fourth-order valence-electron chi connectivity index (χ4n) is 2.30. The first kappa shape index (κ1) is 21.9. The molecule has 0 saturated carbocycles. The van der Waals surface area contributed by atoms with E-state index in [0.29, 0.717) is 22.2 Å². The molecular weight excluding hydrogens is 446 g/mol. The van der Waals surface area contributed by atoms with Crippen LogP contribution in [0.2, 0.25) is 5.02 Å². The van der Waals surface area contributed by atoms with Crippen molar-refractivity contribution in [3.63, 3.8) is 0 Å². The van der Waals surface area contributed by atoms with E-state index in [2.05, 4.69) is 31.8 Å². The summed E-state index contributed by atoms with van der Waals surface area (Å²) in [5, 5.41) is 7.26. The van der Waals surface area contributed by atoms with Gasteiger partial charge in [0, 0.05) is 20.9 Å². The Morgan fingerprint density at radius 1 is 1.11 bits per heavy atom. The average molecular weight is 467 g/mol. The van der Waals surface area contributed by atoms with E-state index in [1.807, 2.05) is 32.0 Å². The van der Waals surface area contributed by atoms with Crippen molar-refractivity contribution in [1.82, 2.24) is 5.43 Å². The van der Waals surface area contributed by atoms with E-state index in [4.69, 9.17) is 16.3 Å². The van der Waals surface area contributed by atoms with Crippen LogP contribution >= 0.6 is 27.5 Å². The fraction of sp³-hybridized carbons (Fsp3) is 0.250. The maximum absolute atomic E-state index is 12.1. The standard InChI is InChI=1S/C20H21BrClN3O3/c1-12-4-6-16(22)10-17(12)23-19(26)9-14(3)24-25-20(27)11-28-18-7-5-15(21)8-13(18)2/h4-8,10H,9,11H2,1-3H3,(H,23,26)(H,25,27)/b24-14+. The Kier molecular flexibility index (Phi) is 8.02. The first-order valence-corrected chi connectivity index (χ1v) is 9.68. The third kappa shape index (κ3) is 6.98. The number of hydrogen-bond donors (Lipinski definition) is 2. The molecule has 0 fully saturated rings. The maximum Gasteiger partial charge on any atom is 0.277 e. The van der Waals surface area contributed by atoms with Crippen LogP contribution in [0, 0.1) is 13.8 Å². The molecule has 8 heteroatoms. The molecule has 0 aliphatic heterocycles. The molecule has 0 spiro atoms. The summed E-state index contributed by atoms with van der Waals surface area (Å²) in [7, 11) is 0. The van der Waals surface area contributed by atoms with Gasteiger partial charge in [-0.2, -0.15) is 5.10 Å². The summed E-state index contributed by atoms with van der Waals surface area (Å²) in [6.07, 6.45) is 0.0406. The van der Waals surface area contributed by atoms with Crippen LogP contribution in [0.3, 0.4) is 0 Å². The number of benzene rings is 2. The molecule has 0 saturated heterocycles. The number of aryl methyl sites for hydroxylation is 2. The molecule has 28 heavy (non-hydrogen) atoms. The van der Waals surface area contributed by atoms with Crippen molar-refractivity contribution in [2.75, 3.05) is 11.9 Å². The van der Waals surface area contributed by atoms with Gasteiger partial charge in [0.1, 0.15) is 5.75 Å². The van der Waals surface area contributed by atoms with Crippen molar-refractivity contribution in [3.05, 3.63) is 57.0 Å². The van der Waals surface area contributed by atoms with Gasteiger partial charge in [-0.25, -0.2) is 5.43 Å². The highest BCUT2D eigenvalue weighted by Crippen LogP contribution is 2.22. The van der Waals surface area contributed by atoms with Crippen molar-refractivity contribution < 1.29 is 14.3 Å². The van der Waals surface area contributed by atoms with Crippen LogP contribution in [0.25, 0.3) is 0 Å². The van der Waals surface area contributed by atoms with Crippen molar-refractivity contribution in [3.8, 4) is 5.75 Å². The van der Waals surface area contributed by atoms with Gasteiger partial charge in [-0.3, -0.25) is 9.59 Å². The van der Waals surface area contributed by atoms with Crippen molar-refractivity contribution >= 4 is 50.7 Å².